The summed E-state index contributed by atoms with van der Waals surface area (Å²) in [6.45, 7) is 2.48. The van der Waals surface area contributed by atoms with Crippen molar-refractivity contribution in [2.24, 2.45) is 0 Å². The molecule has 0 spiro atoms. The largest absolute Gasteiger partial charge is 0.492 e. The molecule has 0 aliphatic carbocycles. The van der Waals surface area contributed by atoms with Crippen LogP contribution in [0.3, 0.4) is 0 Å². The SMILES string of the molecule is CCCOc1ccc(C(F)(F)CCCC(=O)O)cc1Br. The normalized spacial score (nSPS) is 11.4. The highest BCUT2D eigenvalue weighted by molar-refractivity contribution is 9.10. The van der Waals surface area contributed by atoms with Crippen LogP contribution in [0.4, 0.5) is 8.78 Å². The molecule has 1 aromatic rings. The van der Waals surface area contributed by atoms with Crippen LogP contribution in [0.1, 0.15) is 38.2 Å². The predicted octanol–water partition coefficient (Wildman–Crippen LogP) is 4.58. The number of carbonyl (C=O) groups is 1. The van der Waals surface area contributed by atoms with Crippen LogP contribution in [0.2, 0.25) is 0 Å². The molecular formula is C14H17BrF2O3. The van der Waals surface area contributed by atoms with Gasteiger partial charge in [-0.25, -0.2) is 8.78 Å². The number of rotatable bonds is 8. The van der Waals surface area contributed by atoms with Gasteiger partial charge in [0.1, 0.15) is 5.75 Å². The van der Waals surface area contributed by atoms with Crippen molar-refractivity contribution in [2.75, 3.05) is 6.61 Å². The van der Waals surface area contributed by atoms with Gasteiger partial charge in [0, 0.05) is 18.4 Å². The van der Waals surface area contributed by atoms with Crippen molar-refractivity contribution in [3.05, 3.63) is 28.2 Å². The molecule has 3 nitrogen and oxygen atoms in total. The third kappa shape index (κ3) is 5.07. The molecule has 0 aromatic heterocycles. The molecule has 0 aliphatic rings. The van der Waals surface area contributed by atoms with Crippen molar-refractivity contribution >= 4 is 21.9 Å². The molecule has 112 valence electrons. The number of hydrogen-bond acceptors (Lipinski definition) is 2. The monoisotopic (exact) mass is 350 g/mol. The minimum Gasteiger partial charge on any atom is -0.492 e. The van der Waals surface area contributed by atoms with Gasteiger partial charge in [-0.15, -0.1) is 0 Å². The number of carboxylic acid groups (broad SMARTS) is 1. The minimum atomic E-state index is -3.04. The van der Waals surface area contributed by atoms with E-state index in [0.717, 1.165) is 6.42 Å². The van der Waals surface area contributed by atoms with E-state index in [1.54, 1.807) is 0 Å². The molecule has 0 aliphatic heterocycles. The zero-order valence-electron chi connectivity index (χ0n) is 11.2. The van der Waals surface area contributed by atoms with Crippen LogP contribution >= 0.6 is 15.9 Å². The fourth-order valence-electron chi connectivity index (χ4n) is 1.66. The Morgan fingerprint density at radius 2 is 2.15 bits per heavy atom. The highest BCUT2D eigenvalue weighted by Crippen LogP contribution is 2.37. The standard InChI is InChI=1S/C14H17BrF2O3/c1-2-8-20-12-6-5-10(9-11(12)15)14(16,17)7-3-4-13(18)19/h5-6,9H,2-4,7-8H2,1H3,(H,18,19). The number of carboxylic acids is 1. The zero-order chi connectivity index (χ0) is 15.2. The smallest absolute Gasteiger partial charge is 0.303 e. The van der Waals surface area contributed by atoms with Gasteiger partial charge in [-0.05, 0) is 47.0 Å². The molecule has 0 fully saturated rings. The van der Waals surface area contributed by atoms with E-state index >= 15 is 0 Å². The molecule has 0 bridgehead atoms. The average molecular weight is 351 g/mol. The number of halogens is 3. The first kappa shape index (κ1) is 16.9. The molecule has 0 atom stereocenters. The lowest BCUT2D eigenvalue weighted by molar-refractivity contribution is -0.137. The number of alkyl halides is 2. The molecule has 0 heterocycles. The predicted molar refractivity (Wildman–Crippen MR) is 75.3 cm³/mol. The van der Waals surface area contributed by atoms with Crippen molar-refractivity contribution in [1.29, 1.82) is 0 Å². The number of hydrogen-bond donors (Lipinski definition) is 1. The van der Waals surface area contributed by atoms with Crippen molar-refractivity contribution in [1.82, 2.24) is 0 Å². The highest BCUT2D eigenvalue weighted by Gasteiger charge is 2.31. The second-order valence-electron chi connectivity index (χ2n) is 4.45. The first-order chi connectivity index (χ1) is 9.36. The molecule has 0 amide bonds. The third-order valence-electron chi connectivity index (χ3n) is 2.70. The lowest BCUT2D eigenvalue weighted by Crippen LogP contribution is -2.14. The molecule has 6 heteroatoms. The average Bonchev–Trinajstić information content (AvgIpc) is 2.36. The Hall–Kier alpha value is -1.17. The minimum absolute atomic E-state index is 0.0615. The molecule has 1 rings (SSSR count). The second-order valence-corrected chi connectivity index (χ2v) is 5.30. The van der Waals surface area contributed by atoms with Gasteiger partial charge in [0.25, 0.3) is 5.92 Å². The van der Waals surface area contributed by atoms with Crippen molar-refractivity contribution < 1.29 is 23.4 Å². The Morgan fingerprint density at radius 3 is 2.70 bits per heavy atom. The zero-order valence-corrected chi connectivity index (χ0v) is 12.8. The Kier molecular flexibility index (Phi) is 6.39. The summed E-state index contributed by atoms with van der Waals surface area (Å²) in [5, 5.41) is 8.47. The summed E-state index contributed by atoms with van der Waals surface area (Å²) in [5.74, 6) is -3.58. The van der Waals surface area contributed by atoms with E-state index in [9.17, 15) is 13.6 Å². The second kappa shape index (κ2) is 7.57. The van der Waals surface area contributed by atoms with Crippen LogP contribution in [0.15, 0.2) is 22.7 Å². The van der Waals surface area contributed by atoms with E-state index < -0.39 is 18.3 Å². The van der Waals surface area contributed by atoms with Crippen molar-refractivity contribution in [3.63, 3.8) is 0 Å². The van der Waals surface area contributed by atoms with Crippen molar-refractivity contribution in [2.45, 2.75) is 38.5 Å². The molecule has 20 heavy (non-hydrogen) atoms. The first-order valence-electron chi connectivity index (χ1n) is 6.39. The summed E-state index contributed by atoms with van der Waals surface area (Å²) in [6, 6.07) is 4.14. The summed E-state index contributed by atoms with van der Waals surface area (Å²) in [4.78, 5) is 10.4. The van der Waals surface area contributed by atoms with E-state index in [1.165, 1.54) is 18.2 Å². The van der Waals surface area contributed by atoms with Gasteiger partial charge in [-0.3, -0.25) is 4.79 Å². The number of ether oxygens (including phenoxy) is 1. The molecular weight excluding hydrogens is 334 g/mol. The highest BCUT2D eigenvalue weighted by atomic mass is 79.9. The Bertz CT molecular complexity index is 464. The Morgan fingerprint density at radius 1 is 1.45 bits per heavy atom. The van der Waals surface area contributed by atoms with Crippen LogP contribution in [0.25, 0.3) is 0 Å². The Labute approximate surface area is 125 Å². The quantitative estimate of drug-likeness (QED) is 0.746. The van der Waals surface area contributed by atoms with E-state index in [1.807, 2.05) is 6.92 Å². The van der Waals surface area contributed by atoms with Crippen LogP contribution in [0, 0.1) is 0 Å². The fourth-order valence-corrected chi connectivity index (χ4v) is 2.16. The van der Waals surface area contributed by atoms with Crippen LogP contribution < -0.4 is 4.74 Å². The van der Waals surface area contributed by atoms with E-state index in [0.29, 0.717) is 16.8 Å². The summed E-state index contributed by atoms with van der Waals surface area (Å²) in [7, 11) is 0. The van der Waals surface area contributed by atoms with Crippen molar-refractivity contribution in [3.8, 4) is 5.75 Å². The molecule has 0 unspecified atom stereocenters. The maximum Gasteiger partial charge on any atom is 0.303 e. The number of benzene rings is 1. The maximum absolute atomic E-state index is 13.9. The van der Waals surface area contributed by atoms with Crippen LogP contribution in [-0.4, -0.2) is 17.7 Å². The topological polar surface area (TPSA) is 46.5 Å². The van der Waals surface area contributed by atoms with Gasteiger partial charge >= 0.3 is 5.97 Å². The Balaban J connectivity index is 2.74. The van der Waals surface area contributed by atoms with Gasteiger partial charge in [0.05, 0.1) is 11.1 Å². The molecule has 1 N–H and O–H groups in total. The van der Waals surface area contributed by atoms with Gasteiger partial charge in [0.15, 0.2) is 0 Å². The van der Waals surface area contributed by atoms with Gasteiger partial charge in [0.2, 0.25) is 0 Å². The van der Waals surface area contributed by atoms with Gasteiger partial charge in [-0.2, -0.15) is 0 Å². The van der Waals surface area contributed by atoms with E-state index in [-0.39, 0.29) is 18.4 Å². The summed E-state index contributed by atoms with van der Waals surface area (Å²) in [5.41, 5.74) is -0.140. The maximum atomic E-state index is 13.9. The summed E-state index contributed by atoms with van der Waals surface area (Å²) in [6.07, 6.45) is 0.0307. The first-order valence-corrected chi connectivity index (χ1v) is 7.18. The third-order valence-corrected chi connectivity index (χ3v) is 3.32. The summed E-state index contributed by atoms with van der Waals surface area (Å²) >= 11 is 3.21. The molecule has 1 aromatic carbocycles. The molecule has 0 saturated heterocycles. The molecule has 0 radical (unpaired) electrons. The number of aliphatic carboxylic acids is 1. The van der Waals surface area contributed by atoms with Crippen LogP contribution in [0.5, 0.6) is 5.75 Å². The van der Waals surface area contributed by atoms with E-state index in [4.69, 9.17) is 9.84 Å². The summed E-state index contributed by atoms with van der Waals surface area (Å²) < 4.78 is 33.7. The lowest BCUT2D eigenvalue weighted by atomic mass is 10.0. The van der Waals surface area contributed by atoms with Gasteiger partial charge < -0.3 is 9.84 Å². The van der Waals surface area contributed by atoms with Gasteiger partial charge in [-0.1, -0.05) is 6.92 Å². The lowest BCUT2D eigenvalue weighted by Gasteiger charge is -2.17. The fraction of sp³-hybridized carbons (Fsp3) is 0.500. The van der Waals surface area contributed by atoms with Crippen LogP contribution in [-0.2, 0) is 10.7 Å². The van der Waals surface area contributed by atoms with E-state index in [2.05, 4.69) is 15.9 Å². The molecule has 0 saturated carbocycles.